The predicted molar refractivity (Wildman–Crippen MR) is 553 cm³/mol. The average molecular weight is 1740 g/mol. The van der Waals surface area contributed by atoms with Crippen molar-refractivity contribution in [2.45, 2.75) is 172 Å². The van der Waals surface area contributed by atoms with E-state index < -0.39 is 0 Å². The summed E-state index contributed by atoms with van der Waals surface area (Å²) in [4.78, 5) is 30.4. The summed E-state index contributed by atoms with van der Waals surface area (Å²) in [5.41, 5.74) is 14.1. The van der Waals surface area contributed by atoms with Gasteiger partial charge in [-0.2, -0.15) is 0 Å². The second-order valence-corrected chi connectivity index (χ2v) is 25.7. The van der Waals surface area contributed by atoms with Gasteiger partial charge < -0.3 is 49.0 Å². The van der Waals surface area contributed by atoms with Gasteiger partial charge in [0.15, 0.2) is 23.5 Å². The molecule has 0 radical (unpaired) electrons. The van der Waals surface area contributed by atoms with Gasteiger partial charge in [0.05, 0.1) is 68.4 Å². The zero-order chi connectivity index (χ0) is 92.7. The third kappa shape index (κ3) is 42.1. The van der Waals surface area contributed by atoms with Crippen molar-refractivity contribution in [3.63, 3.8) is 0 Å². The van der Waals surface area contributed by atoms with Gasteiger partial charge in [-0.25, -0.2) is 24.9 Å². The van der Waals surface area contributed by atoms with Crippen molar-refractivity contribution in [2.24, 2.45) is 5.41 Å². The van der Waals surface area contributed by atoms with Gasteiger partial charge in [-0.15, -0.1) is 22.7 Å². The quantitative estimate of drug-likeness (QED) is 0.0961. The summed E-state index contributed by atoms with van der Waals surface area (Å²) in [6.07, 6.45) is 15.9. The van der Waals surface area contributed by atoms with E-state index in [1.807, 2.05) is 371 Å². The molecule has 5 N–H and O–H groups in total. The predicted octanol–water partition coefficient (Wildman–Crippen LogP) is 32.1. The number of H-pyrrole nitrogens is 2. The number of hydrogen-bond acceptors (Lipinski definition) is 16. The highest BCUT2D eigenvalue weighted by Gasteiger charge is 2.35. The molecule has 22 rings (SSSR count). The molecule has 2 saturated heterocycles. The minimum absolute atomic E-state index is 0.589. The highest BCUT2D eigenvalue weighted by molar-refractivity contribution is 7.17. The highest BCUT2D eigenvalue weighted by Crippen LogP contribution is 2.37. The molecule has 0 saturated carbocycles. The molecule has 4 aliphatic heterocycles. The zero-order valence-electron chi connectivity index (χ0n) is 79.5. The molecular weight excluding hydrogens is 1600 g/mol. The lowest BCUT2D eigenvalue weighted by molar-refractivity contribution is 0.128. The third-order valence-corrected chi connectivity index (χ3v) is 18.6. The summed E-state index contributed by atoms with van der Waals surface area (Å²) >= 11 is 3.46. The van der Waals surface area contributed by atoms with Gasteiger partial charge in [0.1, 0.15) is 30.6 Å². The normalized spacial score (nSPS) is 11.3. The first-order valence-corrected chi connectivity index (χ1v) is 47.3. The molecule has 0 atom stereocenters. The van der Waals surface area contributed by atoms with Crippen LogP contribution in [0.1, 0.15) is 172 Å². The largest absolute Gasteiger partial charge is 0.486 e. The number of benzene rings is 10. The van der Waals surface area contributed by atoms with Gasteiger partial charge in [-0.05, 0) is 169 Å². The molecule has 0 amide bonds. The number of aromatic amines is 2. The zero-order valence-corrected chi connectivity index (χ0v) is 81.1. The number of fused-ring (bicyclic) bond motifs is 10. The first kappa shape index (κ1) is 112. The first-order valence-electron chi connectivity index (χ1n) is 45.5. The Bertz CT molecular complexity index is 4450. The SMILES string of the molecule is C1CC2(CCN1)CCOC2.CC.CC.CC.CC.CC.CC.CC.CC.CC.CC.CC.c1ccc2[nH]ccc2c1.c1ccc2[nH]cnc2c1.c1ccc2c(c1)NCCN2.c1ccc2c(c1)OCCO2.c1ccc2ncccc2c1.c1ccc2ncncc2c1.c1ccc2occc2c1.c1ccc2ocnc2c1.c1ccc2sccc2c1.c1ccc2scnc2c1. The smallest absolute Gasteiger partial charge is 0.181 e. The minimum Gasteiger partial charge on any atom is -0.486 e. The molecule has 8 aromatic heterocycles. The summed E-state index contributed by atoms with van der Waals surface area (Å²) < 4.78 is 28.8. The summed E-state index contributed by atoms with van der Waals surface area (Å²) in [7, 11) is 0. The topological polar surface area (TPSA) is 199 Å². The molecule has 18 heteroatoms. The third-order valence-electron chi connectivity index (χ3n) is 16.9. The number of imidazole rings is 1. The van der Waals surface area contributed by atoms with Crippen LogP contribution in [-0.4, -0.2) is 92.5 Å². The minimum atomic E-state index is 0.589. The highest BCUT2D eigenvalue weighted by atomic mass is 32.1. The van der Waals surface area contributed by atoms with Crippen molar-refractivity contribution < 1.29 is 23.0 Å². The standard InChI is InChI=1S/C9H7N.C8H6N2.C8H10N2.C8H15NO.C8H7N.C8H8O2.C8H6O.C8H6S.C7H6N2.C7H5NO.C7H5NS.11C2H6/c1-2-6-9-8(4-1)5-3-7-10-9;1-2-4-8-7(3-1)5-9-6-10-8;1-2-4-8-7(3-1)9-5-6-10-8;1-4-9-5-2-8(1)3-6-10-7-8;1-2-4-8-7(3-1)5-6-9-8;1-2-4-8-7(3-1)9-5-6-10-8;2*1-2-4-8-7(3-1)5-6-9-8;3*1-2-4-7-6(3-1)8-5-9-7;11*1-2/h1-7H;1-6H;1-4,9-10H,5-6H2;9H,1-7H2;1-6,9H;1-4H,5-6H2;2*1-6H;1-5H,(H,8,9);2*1-5H;11*1-2H3. The van der Waals surface area contributed by atoms with E-state index >= 15 is 0 Å². The maximum atomic E-state index is 5.41. The lowest BCUT2D eigenvalue weighted by Crippen LogP contribution is -2.36. The second kappa shape index (κ2) is 75.5. The van der Waals surface area contributed by atoms with Crippen LogP contribution in [0.4, 0.5) is 11.4 Å². The number of nitrogens with zero attached hydrogens (tertiary/aromatic N) is 6. The van der Waals surface area contributed by atoms with E-state index in [0.717, 1.165) is 92.8 Å². The van der Waals surface area contributed by atoms with E-state index in [0.29, 0.717) is 18.6 Å². The summed E-state index contributed by atoms with van der Waals surface area (Å²) in [5, 5.41) is 18.2. The van der Waals surface area contributed by atoms with E-state index in [1.54, 1.807) is 41.6 Å². The van der Waals surface area contributed by atoms with Gasteiger partial charge >= 0.3 is 0 Å². The van der Waals surface area contributed by atoms with Crippen LogP contribution in [0.25, 0.3) is 86.1 Å². The van der Waals surface area contributed by atoms with Crippen LogP contribution in [0.15, 0.2) is 337 Å². The number of thiophene rings is 1. The number of rotatable bonds is 0. The number of aromatic nitrogens is 8. The van der Waals surface area contributed by atoms with Crippen LogP contribution in [0.3, 0.4) is 0 Å². The van der Waals surface area contributed by atoms with E-state index in [-0.39, 0.29) is 0 Å². The van der Waals surface area contributed by atoms with E-state index in [2.05, 4.69) is 140 Å². The van der Waals surface area contributed by atoms with Crippen molar-refractivity contribution in [1.29, 1.82) is 0 Å². The van der Waals surface area contributed by atoms with Crippen LogP contribution in [0, 0.1) is 5.41 Å². The van der Waals surface area contributed by atoms with Gasteiger partial charge in [-0.1, -0.05) is 310 Å². The molecule has 126 heavy (non-hydrogen) atoms. The Hall–Kier alpha value is -12.1. The number of nitrogens with one attached hydrogen (secondary N) is 5. The summed E-state index contributed by atoms with van der Waals surface area (Å²) in [6.45, 7) is 51.8. The molecule has 0 unspecified atom stereocenters. The van der Waals surface area contributed by atoms with Gasteiger partial charge in [0, 0.05) is 64.7 Å². The Balaban J connectivity index is 0.000000678. The van der Waals surface area contributed by atoms with Crippen LogP contribution < -0.4 is 25.4 Å². The molecule has 10 aromatic carbocycles. The van der Waals surface area contributed by atoms with Crippen molar-refractivity contribution in [3.05, 3.63) is 328 Å². The molecular formula is C108H147N11O5S2. The van der Waals surface area contributed by atoms with Gasteiger partial charge in [0.2, 0.25) is 0 Å². The lowest BCUT2D eigenvalue weighted by atomic mass is 9.79. The Morgan fingerprint density at radius 2 is 0.825 bits per heavy atom. The molecule has 16 nitrogen and oxygen atoms in total. The van der Waals surface area contributed by atoms with Crippen molar-refractivity contribution in [1.82, 2.24) is 45.2 Å². The Morgan fingerprint density at radius 1 is 0.333 bits per heavy atom. The molecule has 2 fully saturated rings. The van der Waals surface area contributed by atoms with Crippen molar-refractivity contribution in [2.75, 3.05) is 63.2 Å². The van der Waals surface area contributed by atoms with Crippen LogP contribution >= 0.6 is 22.7 Å². The number of para-hydroxylation sites is 13. The Labute approximate surface area is 763 Å². The molecule has 18 aromatic rings. The van der Waals surface area contributed by atoms with E-state index in [9.17, 15) is 0 Å². The van der Waals surface area contributed by atoms with E-state index in [4.69, 9.17) is 23.0 Å². The van der Waals surface area contributed by atoms with Crippen molar-refractivity contribution >= 4 is 120 Å². The monoisotopic (exact) mass is 1740 g/mol. The van der Waals surface area contributed by atoms with Crippen LogP contribution in [-0.2, 0) is 4.74 Å². The number of oxazole rings is 1. The average Bonchev–Trinajstić information content (AvgIpc) is 1.75. The number of furan rings is 1. The molecule has 4 aliphatic rings. The van der Waals surface area contributed by atoms with Crippen LogP contribution in [0.5, 0.6) is 11.5 Å². The molecule has 676 valence electrons. The maximum absolute atomic E-state index is 5.41. The number of ether oxygens (including phenoxy) is 3. The number of thiazole rings is 1. The Kier molecular flexibility index (Phi) is 67.1. The van der Waals surface area contributed by atoms with Gasteiger partial charge in [-0.3, -0.25) is 4.98 Å². The lowest BCUT2D eigenvalue weighted by Gasteiger charge is -2.31. The molecule has 0 aliphatic carbocycles. The summed E-state index contributed by atoms with van der Waals surface area (Å²) in [6, 6.07) is 90.4. The number of pyridine rings is 1. The Morgan fingerprint density at radius 3 is 1.38 bits per heavy atom. The second-order valence-electron chi connectivity index (χ2n) is 23.9. The first-order chi connectivity index (χ1) is 62.6. The number of hydrogen-bond donors (Lipinski definition) is 5. The van der Waals surface area contributed by atoms with Crippen molar-refractivity contribution in [3.8, 4) is 11.5 Å². The van der Waals surface area contributed by atoms with Crippen LogP contribution in [0.2, 0.25) is 0 Å². The fourth-order valence-corrected chi connectivity index (χ4v) is 12.9. The fourth-order valence-electron chi connectivity index (χ4n) is 11.4. The number of piperidine rings is 1. The van der Waals surface area contributed by atoms with E-state index in [1.165, 1.54) is 81.2 Å². The fraction of sp³-hybridized carbons (Fsp3) is 0.315. The summed E-state index contributed by atoms with van der Waals surface area (Å²) in [5.74, 6) is 1.71. The number of anilines is 2. The van der Waals surface area contributed by atoms with Gasteiger partial charge in [0.25, 0.3) is 0 Å². The molecule has 0 bridgehead atoms. The molecule has 12 heterocycles. The maximum Gasteiger partial charge on any atom is 0.181 e. The molecule has 1 spiro atoms.